The quantitative estimate of drug-likeness (QED) is 0.158. The van der Waals surface area contributed by atoms with Gasteiger partial charge < -0.3 is 10.1 Å². The van der Waals surface area contributed by atoms with Crippen molar-refractivity contribution >= 4 is 39.4 Å². The van der Waals surface area contributed by atoms with Gasteiger partial charge in [0.15, 0.2) is 23.3 Å². The largest absolute Gasteiger partial charge is 0.497 e. The molecule has 1 N–H and O–H groups in total. The lowest BCUT2D eigenvalue weighted by molar-refractivity contribution is -0.0153. The van der Waals surface area contributed by atoms with Crippen molar-refractivity contribution in [3.63, 3.8) is 0 Å². The fourth-order valence-electron chi connectivity index (χ4n) is 5.93. The third-order valence-corrected chi connectivity index (χ3v) is 8.90. The number of piperidine rings is 3. The van der Waals surface area contributed by atoms with E-state index in [2.05, 4.69) is 22.1 Å². The van der Waals surface area contributed by atoms with E-state index in [9.17, 15) is 22.4 Å². The van der Waals surface area contributed by atoms with E-state index in [0.717, 1.165) is 43.3 Å². The molecule has 2 bridgehead atoms. The lowest BCUT2D eigenvalue weighted by atomic mass is 9.72. The molecular formula is C27H26F4IN3O2. The van der Waals surface area contributed by atoms with Gasteiger partial charge in [-0.1, -0.05) is 13.3 Å². The molecule has 5 nitrogen and oxygen atoms in total. The minimum absolute atomic E-state index is 0.127. The van der Waals surface area contributed by atoms with E-state index in [-0.39, 0.29) is 6.04 Å². The Labute approximate surface area is 225 Å². The first kappa shape index (κ1) is 26.1. The smallest absolute Gasteiger partial charge is 0.256 e. The third kappa shape index (κ3) is 4.56. The first-order valence-corrected chi connectivity index (χ1v) is 13.3. The highest BCUT2D eigenvalue weighted by atomic mass is 127. The first-order chi connectivity index (χ1) is 17.7. The molecule has 1 aromatic heterocycles. The van der Waals surface area contributed by atoms with Crippen molar-refractivity contribution in [3.05, 3.63) is 68.4 Å². The van der Waals surface area contributed by atoms with Crippen LogP contribution in [0.4, 0.5) is 17.6 Å². The molecule has 4 heterocycles. The Morgan fingerprint density at radius 2 is 1.95 bits per heavy atom. The number of aromatic nitrogens is 1. The number of carbonyl (C=O) groups excluding carboxylic acids is 1. The molecule has 0 aliphatic carbocycles. The second-order valence-corrected chi connectivity index (χ2v) is 10.8. The Bertz CT molecular complexity index is 1340. The minimum atomic E-state index is -2.01. The van der Waals surface area contributed by atoms with Crippen molar-refractivity contribution in [1.82, 2.24) is 15.2 Å². The van der Waals surface area contributed by atoms with E-state index in [0.29, 0.717) is 23.1 Å². The Balaban J connectivity index is 1.61. The molecule has 196 valence electrons. The zero-order valence-electron chi connectivity index (χ0n) is 20.3. The molecule has 3 aliphatic heterocycles. The van der Waals surface area contributed by atoms with Crippen LogP contribution in [0.5, 0.6) is 5.75 Å². The van der Waals surface area contributed by atoms with E-state index in [4.69, 9.17) is 4.74 Å². The molecule has 10 heteroatoms. The van der Waals surface area contributed by atoms with Crippen molar-refractivity contribution in [2.24, 2.45) is 11.8 Å². The predicted molar refractivity (Wildman–Crippen MR) is 139 cm³/mol. The number of nitrogens with zero attached hydrogens (tertiary/aromatic N) is 2. The fraction of sp³-hybridized carbons (Fsp3) is 0.407. The first-order valence-electron chi connectivity index (χ1n) is 12.2. The summed E-state index contributed by atoms with van der Waals surface area (Å²) in [6.45, 7) is 3.90. The lowest BCUT2D eigenvalue weighted by Gasteiger charge is -2.52. The number of nitrogens with one attached hydrogen (secondary N) is 1. The number of methoxy groups -OCH3 is 1. The molecule has 3 saturated heterocycles. The normalized spacial score (nSPS) is 23.8. The van der Waals surface area contributed by atoms with Gasteiger partial charge >= 0.3 is 0 Å². The van der Waals surface area contributed by atoms with Gasteiger partial charge in [-0.3, -0.25) is 14.7 Å². The number of pyridine rings is 1. The average molecular weight is 627 g/mol. The highest BCUT2D eigenvalue weighted by molar-refractivity contribution is 14.1. The SMILES string of the molecule is CC[C@H]1CN2CC[C@H]1C[C@H]2[C@@H](NC(=O)c1c(F)c(F)c(F)c(F)c1I)c1ccnc2ccc(OC)cc12. The summed E-state index contributed by atoms with van der Waals surface area (Å²) in [7, 11) is 1.55. The summed E-state index contributed by atoms with van der Waals surface area (Å²) >= 11 is 1.33. The zero-order valence-corrected chi connectivity index (χ0v) is 22.5. The summed E-state index contributed by atoms with van der Waals surface area (Å²) < 4.78 is 61.7. The van der Waals surface area contributed by atoms with E-state index in [1.807, 2.05) is 12.1 Å². The van der Waals surface area contributed by atoms with Crippen LogP contribution in [-0.2, 0) is 0 Å². The van der Waals surface area contributed by atoms with Crippen LogP contribution in [0.15, 0.2) is 30.5 Å². The van der Waals surface area contributed by atoms with Crippen molar-refractivity contribution in [2.45, 2.75) is 38.3 Å². The zero-order chi connectivity index (χ0) is 26.4. The highest BCUT2D eigenvalue weighted by Gasteiger charge is 2.44. The van der Waals surface area contributed by atoms with Crippen LogP contribution in [0, 0.1) is 38.7 Å². The predicted octanol–water partition coefficient (Wildman–Crippen LogP) is 6.00. The summed E-state index contributed by atoms with van der Waals surface area (Å²) in [6.07, 6.45) is 4.55. The molecule has 2 aromatic carbocycles. The van der Waals surface area contributed by atoms with Crippen molar-refractivity contribution in [2.75, 3.05) is 20.2 Å². The lowest BCUT2D eigenvalue weighted by Crippen LogP contribution is -2.57. The van der Waals surface area contributed by atoms with Gasteiger partial charge in [0.2, 0.25) is 0 Å². The molecule has 3 aliphatic rings. The van der Waals surface area contributed by atoms with Gasteiger partial charge in [-0.2, -0.15) is 0 Å². The second-order valence-electron chi connectivity index (χ2n) is 9.69. The fourth-order valence-corrected chi connectivity index (χ4v) is 6.65. The molecule has 1 unspecified atom stereocenters. The number of benzene rings is 2. The van der Waals surface area contributed by atoms with E-state index >= 15 is 0 Å². The van der Waals surface area contributed by atoms with Crippen LogP contribution >= 0.6 is 22.6 Å². The van der Waals surface area contributed by atoms with Gasteiger partial charge in [-0.25, -0.2) is 17.6 Å². The Morgan fingerprint density at radius 3 is 2.62 bits per heavy atom. The molecule has 0 radical (unpaired) electrons. The highest BCUT2D eigenvalue weighted by Crippen LogP contribution is 2.43. The van der Waals surface area contributed by atoms with Crippen LogP contribution < -0.4 is 10.1 Å². The van der Waals surface area contributed by atoms with E-state index in [1.54, 1.807) is 25.4 Å². The van der Waals surface area contributed by atoms with Crippen molar-refractivity contribution < 1.29 is 27.1 Å². The topological polar surface area (TPSA) is 54.5 Å². The molecule has 6 rings (SSSR count). The van der Waals surface area contributed by atoms with E-state index in [1.165, 1.54) is 22.6 Å². The van der Waals surface area contributed by atoms with E-state index < -0.39 is 44.4 Å². The monoisotopic (exact) mass is 627 g/mol. The molecular weight excluding hydrogens is 601 g/mol. The summed E-state index contributed by atoms with van der Waals surface area (Å²) in [4.78, 5) is 20.2. The van der Waals surface area contributed by atoms with Gasteiger partial charge in [0.25, 0.3) is 5.91 Å². The molecule has 3 fully saturated rings. The number of amides is 1. The molecule has 0 saturated carbocycles. The summed E-state index contributed by atoms with van der Waals surface area (Å²) in [5.41, 5.74) is 0.571. The van der Waals surface area contributed by atoms with Gasteiger partial charge in [0.1, 0.15) is 5.75 Å². The minimum Gasteiger partial charge on any atom is -0.497 e. The number of hydrogen-bond acceptors (Lipinski definition) is 4. The van der Waals surface area contributed by atoms with Gasteiger partial charge in [0, 0.05) is 24.2 Å². The third-order valence-electron chi connectivity index (χ3n) is 7.89. The Hall–Kier alpha value is -2.47. The second kappa shape index (κ2) is 10.4. The number of carbonyl (C=O) groups is 1. The van der Waals surface area contributed by atoms with Crippen LogP contribution in [0.2, 0.25) is 0 Å². The molecule has 0 spiro atoms. The van der Waals surface area contributed by atoms with Crippen LogP contribution in [0.25, 0.3) is 10.9 Å². The van der Waals surface area contributed by atoms with Crippen molar-refractivity contribution in [3.8, 4) is 5.75 Å². The van der Waals surface area contributed by atoms with Crippen LogP contribution in [0.1, 0.15) is 48.1 Å². The number of ether oxygens (including phenoxy) is 1. The standard InChI is InChI=1S/C27H26F4IN3O2/c1-3-13-12-35-9-7-14(13)10-19(35)26(16-6-8-33-18-5-4-15(37-2)11-17(16)18)34-27(36)20-21(28)22(29)23(30)24(31)25(20)32/h4-6,8,11,13-14,19,26H,3,7,9-10,12H2,1-2H3,(H,34,36)/t13-,14-,19-,26-/m0/s1. The number of rotatable bonds is 6. The number of fused-ring (bicyclic) bond motifs is 4. The average Bonchev–Trinajstić information content (AvgIpc) is 2.93. The number of hydrogen-bond donors (Lipinski definition) is 1. The Morgan fingerprint density at radius 1 is 1.19 bits per heavy atom. The summed E-state index contributed by atoms with van der Waals surface area (Å²) in [5.74, 6) is -6.63. The molecule has 1 amide bonds. The maximum Gasteiger partial charge on any atom is 0.256 e. The van der Waals surface area contributed by atoms with Gasteiger partial charge in [-0.15, -0.1) is 0 Å². The maximum atomic E-state index is 14.8. The van der Waals surface area contributed by atoms with Gasteiger partial charge in [-0.05, 0) is 83.6 Å². The maximum absolute atomic E-state index is 14.8. The number of halogens is 5. The molecule has 3 aromatic rings. The summed E-state index contributed by atoms with van der Waals surface area (Å²) in [6, 6.07) is 6.44. The molecule has 37 heavy (non-hydrogen) atoms. The van der Waals surface area contributed by atoms with Crippen LogP contribution in [0.3, 0.4) is 0 Å². The Kier molecular flexibility index (Phi) is 7.32. The van der Waals surface area contributed by atoms with Gasteiger partial charge in [0.05, 0.1) is 27.8 Å². The molecule has 5 atom stereocenters. The van der Waals surface area contributed by atoms with Crippen molar-refractivity contribution in [1.29, 1.82) is 0 Å². The summed E-state index contributed by atoms with van der Waals surface area (Å²) in [5, 5.41) is 3.62. The van der Waals surface area contributed by atoms with Crippen LogP contribution in [-0.4, -0.2) is 42.0 Å².